The summed E-state index contributed by atoms with van der Waals surface area (Å²) in [5, 5.41) is 0. The van der Waals surface area contributed by atoms with E-state index in [1.165, 1.54) is 24.8 Å². The van der Waals surface area contributed by atoms with Gasteiger partial charge in [0.2, 0.25) is 0 Å². The van der Waals surface area contributed by atoms with E-state index in [9.17, 15) is 9.59 Å². The number of carbonyl (C=O) groups excluding carboxylic acids is 2. The van der Waals surface area contributed by atoms with Crippen molar-refractivity contribution in [2.24, 2.45) is 40.9 Å². The van der Waals surface area contributed by atoms with Crippen LogP contribution in [0.15, 0.2) is 23.8 Å². The van der Waals surface area contributed by atoms with Crippen molar-refractivity contribution in [2.75, 3.05) is 0 Å². The minimum atomic E-state index is -0.156. The molecule has 1 saturated heterocycles. The molecule has 3 heteroatoms. The predicted molar refractivity (Wildman–Crippen MR) is 92.4 cm³/mol. The van der Waals surface area contributed by atoms with Gasteiger partial charge < -0.3 is 4.74 Å². The van der Waals surface area contributed by atoms with Gasteiger partial charge in [0.15, 0.2) is 5.78 Å². The van der Waals surface area contributed by atoms with Crippen LogP contribution in [0.2, 0.25) is 0 Å². The first-order valence-corrected chi connectivity index (χ1v) is 10.2. The van der Waals surface area contributed by atoms with Gasteiger partial charge in [-0.15, -0.1) is 0 Å². The molecule has 1 spiro atoms. The van der Waals surface area contributed by atoms with Crippen LogP contribution in [0.1, 0.15) is 51.9 Å². The van der Waals surface area contributed by atoms with E-state index in [0.29, 0.717) is 41.8 Å². The summed E-state index contributed by atoms with van der Waals surface area (Å²) in [5.74, 6) is 4.25. The van der Waals surface area contributed by atoms with Gasteiger partial charge in [-0.2, -0.15) is 0 Å². The van der Waals surface area contributed by atoms with Crippen LogP contribution in [0.4, 0.5) is 0 Å². The number of fused-ring (bicyclic) bond motifs is 9. The van der Waals surface area contributed by atoms with E-state index < -0.39 is 0 Å². The zero-order chi connectivity index (χ0) is 17.0. The fourth-order valence-electron chi connectivity index (χ4n) is 8.01. The van der Waals surface area contributed by atoms with Crippen LogP contribution in [-0.2, 0) is 14.3 Å². The van der Waals surface area contributed by atoms with Gasteiger partial charge in [0, 0.05) is 24.2 Å². The van der Waals surface area contributed by atoms with Gasteiger partial charge in [0.1, 0.15) is 5.60 Å². The second-order valence-electron chi connectivity index (χ2n) is 9.71. The molecule has 5 aliphatic carbocycles. The Kier molecular flexibility index (Phi) is 2.64. The van der Waals surface area contributed by atoms with Crippen molar-refractivity contribution in [1.82, 2.24) is 0 Å². The third kappa shape index (κ3) is 1.64. The molecule has 6 rings (SSSR count). The Morgan fingerprint density at radius 1 is 1.12 bits per heavy atom. The molecule has 5 unspecified atom stereocenters. The maximum Gasteiger partial charge on any atom is 0.306 e. The molecule has 8 atom stereocenters. The van der Waals surface area contributed by atoms with Crippen molar-refractivity contribution >= 4 is 11.8 Å². The van der Waals surface area contributed by atoms with Gasteiger partial charge in [-0.25, -0.2) is 0 Å². The van der Waals surface area contributed by atoms with Crippen LogP contribution in [0, 0.1) is 40.9 Å². The number of esters is 1. The lowest BCUT2D eigenvalue weighted by Gasteiger charge is -2.55. The van der Waals surface area contributed by atoms with E-state index in [0.717, 1.165) is 25.2 Å². The zero-order valence-corrected chi connectivity index (χ0v) is 14.9. The van der Waals surface area contributed by atoms with Crippen LogP contribution in [0.25, 0.3) is 0 Å². The molecule has 1 heterocycles. The minimum absolute atomic E-state index is 0.0323. The standard InChI is InChI=1S/C22H26O3/c1-21-8-6-15-14-5-3-13(23)10-12(14)2-4-16(15)20(21)17-11-18(17)22(21)9-7-19(24)25-22/h2,4,10,14-18,20H,3,5-9,11H2,1H3/t14?,15?,16?,17-,18+,20?,21?,22-/m0/s1. The molecule has 1 aliphatic heterocycles. The first-order chi connectivity index (χ1) is 12.0. The highest BCUT2D eigenvalue weighted by molar-refractivity contribution is 5.92. The highest BCUT2D eigenvalue weighted by atomic mass is 16.6. The summed E-state index contributed by atoms with van der Waals surface area (Å²) < 4.78 is 6.12. The third-order valence-electron chi connectivity index (χ3n) is 8.99. The number of allylic oxidation sites excluding steroid dienone is 4. The molecule has 132 valence electrons. The highest BCUT2D eigenvalue weighted by Crippen LogP contribution is 2.77. The Hall–Kier alpha value is -1.38. The molecular weight excluding hydrogens is 312 g/mol. The number of ketones is 1. The second kappa shape index (κ2) is 4.47. The first kappa shape index (κ1) is 14.8. The van der Waals surface area contributed by atoms with Gasteiger partial charge >= 0.3 is 5.97 Å². The number of ether oxygens (including phenoxy) is 1. The van der Waals surface area contributed by atoms with Crippen molar-refractivity contribution in [3.8, 4) is 0 Å². The molecule has 6 aliphatic rings. The largest absolute Gasteiger partial charge is 0.458 e. The maximum absolute atomic E-state index is 12.0. The molecule has 4 fully saturated rings. The lowest BCUT2D eigenvalue weighted by molar-refractivity contribution is -0.171. The van der Waals surface area contributed by atoms with Gasteiger partial charge in [-0.05, 0) is 73.3 Å². The number of carbonyl (C=O) groups is 2. The molecule has 0 aromatic rings. The second-order valence-corrected chi connectivity index (χ2v) is 9.71. The van der Waals surface area contributed by atoms with Gasteiger partial charge in [0.05, 0.1) is 0 Å². The van der Waals surface area contributed by atoms with Crippen molar-refractivity contribution in [3.05, 3.63) is 23.8 Å². The topological polar surface area (TPSA) is 43.4 Å². The molecule has 3 nitrogen and oxygen atoms in total. The van der Waals surface area contributed by atoms with Crippen LogP contribution < -0.4 is 0 Å². The Morgan fingerprint density at radius 2 is 2.00 bits per heavy atom. The molecule has 0 bridgehead atoms. The van der Waals surface area contributed by atoms with E-state index >= 15 is 0 Å². The quantitative estimate of drug-likeness (QED) is 0.630. The maximum atomic E-state index is 12.0. The molecule has 0 N–H and O–H groups in total. The zero-order valence-electron chi connectivity index (χ0n) is 14.9. The van der Waals surface area contributed by atoms with Crippen LogP contribution in [-0.4, -0.2) is 17.4 Å². The lowest BCUT2D eigenvalue weighted by atomic mass is 9.50. The van der Waals surface area contributed by atoms with Crippen LogP contribution in [0.3, 0.4) is 0 Å². The van der Waals surface area contributed by atoms with Crippen molar-refractivity contribution in [1.29, 1.82) is 0 Å². The van der Waals surface area contributed by atoms with Gasteiger partial charge in [-0.1, -0.05) is 19.1 Å². The summed E-state index contributed by atoms with van der Waals surface area (Å²) in [6.45, 7) is 2.43. The molecular formula is C22H26O3. The monoisotopic (exact) mass is 338 g/mol. The fourth-order valence-corrected chi connectivity index (χ4v) is 8.01. The Bertz CT molecular complexity index is 748. The molecule has 0 aromatic heterocycles. The van der Waals surface area contributed by atoms with Gasteiger partial charge in [-0.3, -0.25) is 9.59 Å². The predicted octanol–water partition coefficient (Wildman–Crippen LogP) is 3.84. The third-order valence-corrected chi connectivity index (χ3v) is 8.99. The van der Waals surface area contributed by atoms with E-state index in [2.05, 4.69) is 19.1 Å². The number of hydrogen-bond acceptors (Lipinski definition) is 3. The summed E-state index contributed by atoms with van der Waals surface area (Å²) in [6.07, 6.45) is 13.6. The summed E-state index contributed by atoms with van der Waals surface area (Å²) in [6, 6.07) is 0. The van der Waals surface area contributed by atoms with E-state index in [1.807, 2.05) is 6.08 Å². The van der Waals surface area contributed by atoms with Crippen molar-refractivity contribution in [2.45, 2.75) is 57.5 Å². The number of rotatable bonds is 0. The fraction of sp³-hybridized carbons (Fsp3) is 0.727. The normalized spacial score (nSPS) is 55.2. The number of hydrogen-bond donors (Lipinski definition) is 0. The SMILES string of the molecule is CC12CCC3C4CCC(=O)C=C4C=CC3C1[C@H]1C[C@H]1[C@@]21CCC(=O)O1. The summed E-state index contributed by atoms with van der Waals surface area (Å²) in [7, 11) is 0. The van der Waals surface area contributed by atoms with Crippen molar-refractivity contribution in [3.63, 3.8) is 0 Å². The summed E-state index contributed by atoms with van der Waals surface area (Å²) >= 11 is 0. The van der Waals surface area contributed by atoms with E-state index in [4.69, 9.17) is 4.74 Å². The Balaban J connectivity index is 1.41. The summed E-state index contributed by atoms with van der Waals surface area (Å²) in [4.78, 5) is 23.8. The van der Waals surface area contributed by atoms with E-state index in [-0.39, 0.29) is 17.0 Å². The van der Waals surface area contributed by atoms with Crippen LogP contribution in [0.5, 0.6) is 0 Å². The lowest BCUT2D eigenvalue weighted by Crippen LogP contribution is -2.54. The Morgan fingerprint density at radius 3 is 2.80 bits per heavy atom. The van der Waals surface area contributed by atoms with Crippen LogP contribution >= 0.6 is 0 Å². The molecule has 0 aromatic carbocycles. The average molecular weight is 338 g/mol. The molecule has 3 saturated carbocycles. The summed E-state index contributed by atoms with van der Waals surface area (Å²) in [5.41, 5.74) is 1.29. The smallest absolute Gasteiger partial charge is 0.306 e. The van der Waals surface area contributed by atoms with Gasteiger partial charge in [0.25, 0.3) is 0 Å². The molecule has 0 radical (unpaired) electrons. The first-order valence-electron chi connectivity index (χ1n) is 10.2. The van der Waals surface area contributed by atoms with Crippen molar-refractivity contribution < 1.29 is 14.3 Å². The molecule has 0 amide bonds. The average Bonchev–Trinajstić information content (AvgIpc) is 3.23. The highest BCUT2D eigenvalue weighted by Gasteiger charge is 2.78. The molecule has 25 heavy (non-hydrogen) atoms. The Labute approximate surface area is 148 Å². The van der Waals surface area contributed by atoms with E-state index in [1.54, 1.807) is 0 Å². The minimum Gasteiger partial charge on any atom is -0.458 e.